The zero-order valence-electron chi connectivity index (χ0n) is 13.4. The van der Waals surface area contributed by atoms with Crippen LogP contribution in [0, 0.1) is 0 Å². The number of rotatable bonds is 4. The molecule has 0 unspecified atom stereocenters. The average Bonchev–Trinajstić information content (AvgIpc) is 2.93. The van der Waals surface area contributed by atoms with E-state index in [1.807, 2.05) is 0 Å². The number of nitrogens with one attached hydrogen (secondary N) is 1. The van der Waals surface area contributed by atoms with Crippen LogP contribution >= 0.6 is 27.7 Å². The molecule has 1 N–H and O–H groups in total. The number of imide groups is 1. The minimum Gasteiger partial charge on any atom is -0.493 e. The topological polar surface area (TPSA) is 81.7 Å². The molecule has 2 aromatic rings. The smallest absolute Gasteiger partial charge is 0.344 e. The first-order valence-electron chi connectivity index (χ1n) is 7.37. The van der Waals surface area contributed by atoms with Crippen molar-refractivity contribution in [2.45, 2.75) is 0 Å². The van der Waals surface area contributed by atoms with Gasteiger partial charge in [0.1, 0.15) is 0 Å². The Balaban J connectivity index is 1.85. The summed E-state index contributed by atoms with van der Waals surface area (Å²) in [6.07, 6.45) is 1.56. The molecule has 2 aromatic carbocycles. The first-order chi connectivity index (χ1) is 12.5. The van der Waals surface area contributed by atoms with Crippen LogP contribution in [0.5, 0.6) is 11.5 Å². The second-order valence-electron chi connectivity index (χ2n) is 5.13. The van der Waals surface area contributed by atoms with Gasteiger partial charge in [-0.1, -0.05) is 18.2 Å². The van der Waals surface area contributed by atoms with Crippen LogP contribution < -0.4 is 14.8 Å². The summed E-state index contributed by atoms with van der Waals surface area (Å²) in [4.78, 5) is 35.5. The van der Waals surface area contributed by atoms with Crippen molar-refractivity contribution in [2.24, 2.45) is 0 Å². The Morgan fingerprint density at radius 3 is 2.58 bits per heavy atom. The molecule has 1 fully saturated rings. The van der Waals surface area contributed by atoms with Crippen LogP contribution in [0.2, 0.25) is 0 Å². The Bertz CT molecular complexity index is 941. The Hall–Kier alpha value is -2.58. The lowest BCUT2D eigenvalue weighted by Gasteiger charge is -2.11. The van der Waals surface area contributed by atoms with E-state index in [0.717, 1.165) is 11.8 Å². The van der Waals surface area contributed by atoms with Gasteiger partial charge < -0.3 is 9.47 Å². The summed E-state index contributed by atoms with van der Waals surface area (Å²) in [5, 5.41) is 1.78. The second kappa shape index (κ2) is 7.76. The van der Waals surface area contributed by atoms with Gasteiger partial charge in [-0.15, -0.1) is 0 Å². The predicted octanol–water partition coefficient (Wildman–Crippen LogP) is 4.00. The third-order valence-electron chi connectivity index (χ3n) is 3.42. The average molecular weight is 434 g/mol. The van der Waals surface area contributed by atoms with Crippen LogP contribution in [-0.2, 0) is 4.79 Å². The Kier molecular flexibility index (Phi) is 5.43. The number of hydrogen-bond donors (Lipinski definition) is 1. The van der Waals surface area contributed by atoms with E-state index < -0.39 is 17.1 Å². The SMILES string of the molecule is COc1cc(/C=C2/SC(=O)NC2=O)ccc1OC(=O)c1ccccc1Br. The fourth-order valence-corrected chi connectivity index (χ4v) is 3.34. The van der Waals surface area contributed by atoms with E-state index in [9.17, 15) is 14.4 Å². The van der Waals surface area contributed by atoms with Crippen LogP contribution in [0.15, 0.2) is 51.8 Å². The molecule has 0 spiro atoms. The lowest BCUT2D eigenvalue weighted by molar-refractivity contribution is -0.115. The van der Waals surface area contributed by atoms with Crippen molar-refractivity contribution in [1.29, 1.82) is 0 Å². The second-order valence-corrected chi connectivity index (χ2v) is 7.00. The van der Waals surface area contributed by atoms with Gasteiger partial charge in [0.05, 0.1) is 17.6 Å². The molecular formula is C18H12BrNO5S. The first-order valence-corrected chi connectivity index (χ1v) is 8.98. The number of carbonyl (C=O) groups is 3. The minimum atomic E-state index is -0.529. The van der Waals surface area contributed by atoms with E-state index in [0.29, 0.717) is 21.3 Å². The number of esters is 1. The van der Waals surface area contributed by atoms with Gasteiger partial charge in [0.2, 0.25) is 0 Å². The van der Waals surface area contributed by atoms with Gasteiger partial charge in [0.15, 0.2) is 11.5 Å². The van der Waals surface area contributed by atoms with E-state index >= 15 is 0 Å². The summed E-state index contributed by atoms with van der Waals surface area (Å²) in [6, 6.07) is 11.8. The largest absolute Gasteiger partial charge is 0.493 e. The van der Waals surface area contributed by atoms with Crippen LogP contribution in [-0.4, -0.2) is 24.2 Å². The van der Waals surface area contributed by atoms with Gasteiger partial charge in [0.25, 0.3) is 11.1 Å². The molecule has 26 heavy (non-hydrogen) atoms. The summed E-state index contributed by atoms with van der Waals surface area (Å²) in [7, 11) is 1.45. The fraction of sp³-hybridized carbons (Fsp3) is 0.0556. The molecule has 8 heteroatoms. The van der Waals surface area contributed by atoms with Gasteiger partial charge in [-0.25, -0.2) is 4.79 Å². The maximum atomic E-state index is 12.3. The zero-order chi connectivity index (χ0) is 18.7. The highest BCUT2D eigenvalue weighted by molar-refractivity contribution is 9.10. The highest BCUT2D eigenvalue weighted by Crippen LogP contribution is 2.32. The van der Waals surface area contributed by atoms with Crippen molar-refractivity contribution in [1.82, 2.24) is 5.32 Å². The molecule has 0 aliphatic carbocycles. The molecule has 0 atom stereocenters. The monoisotopic (exact) mass is 433 g/mol. The Morgan fingerprint density at radius 2 is 1.92 bits per heavy atom. The van der Waals surface area contributed by atoms with E-state index in [2.05, 4.69) is 21.2 Å². The third kappa shape index (κ3) is 3.97. The molecule has 6 nitrogen and oxygen atoms in total. The summed E-state index contributed by atoms with van der Waals surface area (Å²) >= 11 is 4.14. The van der Waals surface area contributed by atoms with E-state index in [4.69, 9.17) is 9.47 Å². The number of halogens is 1. The van der Waals surface area contributed by atoms with Crippen molar-refractivity contribution in [3.8, 4) is 11.5 Å². The maximum Gasteiger partial charge on any atom is 0.344 e. The molecular weight excluding hydrogens is 422 g/mol. The third-order valence-corrected chi connectivity index (χ3v) is 4.93. The number of thioether (sulfide) groups is 1. The van der Waals surface area contributed by atoms with Crippen molar-refractivity contribution in [2.75, 3.05) is 7.11 Å². The molecule has 0 radical (unpaired) electrons. The first kappa shape index (κ1) is 18.2. The quantitative estimate of drug-likeness (QED) is 0.445. The van der Waals surface area contributed by atoms with Crippen LogP contribution in [0.25, 0.3) is 6.08 Å². The van der Waals surface area contributed by atoms with Gasteiger partial charge in [-0.05, 0) is 63.6 Å². The number of hydrogen-bond acceptors (Lipinski definition) is 6. The molecule has 1 heterocycles. The van der Waals surface area contributed by atoms with Crippen molar-refractivity contribution < 1.29 is 23.9 Å². The van der Waals surface area contributed by atoms with E-state index in [-0.39, 0.29) is 10.7 Å². The standard InChI is InChI=1S/C18H12BrNO5S/c1-24-14-8-10(9-15-16(21)20-18(23)26-15)6-7-13(14)25-17(22)11-4-2-3-5-12(11)19/h2-9H,1H3,(H,20,21,23)/b15-9+. The number of benzene rings is 2. The fourth-order valence-electron chi connectivity index (χ4n) is 2.21. The lowest BCUT2D eigenvalue weighted by Crippen LogP contribution is -2.17. The molecule has 0 bridgehead atoms. The molecule has 0 saturated carbocycles. The Labute approximate surface area is 161 Å². The zero-order valence-corrected chi connectivity index (χ0v) is 15.8. The van der Waals surface area contributed by atoms with Gasteiger partial charge >= 0.3 is 5.97 Å². The molecule has 2 amide bonds. The van der Waals surface area contributed by atoms with Gasteiger partial charge in [-0.2, -0.15) is 0 Å². The molecule has 132 valence electrons. The molecule has 1 aliphatic heterocycles. The van der Waals surface area contributed by atoms with E-state index in [1.165, 1.54) is 7.11 Å². The maximum absolute atomic E-state index is 12.3. The van der Waals surface area contributed by atoms with Gasteiger partial charge in [-0.3, -0.25) is 14.9 Å². The summed E-state index contributed by atoms with van der Waals surface area (Å²) < 4.78 is 11.3. The van der Waals surface area contributed by atoms with Crippen molar-refractivity contribution in [3.05, 3.63) is 63.0 Å². The van der Waals surface area contributed by atoms with Crippen LogP contribution in [0.1, 0.15) is 15.9 Å². The summed E-state index contributed by atoms with van der Waals surface area (Å²) in [5.41, 5.74) is 1.02. The Morgan fingerprint density at radius 1 is 1.15 bits per heavy atom. The highest BCUT2D eigenvalue weighted by atomic mass is 79.9. The molecule has 0 aromatic heterocycles. The number of methoxy groups -OCH3 is 1. The van der Waals surface area contributed by atoms with Crippen LogP contribution in [0.3, 0.4) is 0 Å². The number of ether oxygens (including phenoxy) is 2. The normalized spacial score (nSPS) is 15.1. The van der Waals surface area contributed by atoms with Crippen molar-refractivity contribution in [3.63, 3.8) is 0 Å². The lowest BCUT2D eigenvalue weighted by atomic mass is 10.2. The predicted molar refractivity (Wildman–Crippen MR) is 101 cm³/mol. The van der Waals surface area contributed by atoms with Crippen LogP contribution in [0.4, 0.5) is 4.79 Å². The van der Waals surface area contributed by atoms with Gasteiger partial charge in [0, 0.05) is 4.47 Å². The molecule has 1 aliphatic rings. The molecule has 1 saturated heterocycles. The summed E-state index contributed by atoms with van der Waals surface area (Å²) in [5.74, 6) is -0.397. The minimum absolute atomic E-state index is 0.245. The van der Waals surface area contributed by atoms with Crippen molar-refractivity contribution >= 4 is 50.9 Å². The molecule has 3 rings (SSSR count). The number of carbonyl (C=O) groups excluding carboxylic acids is 3. The van der Waals surface area contributed by atoms with E-state index in [1.54, 1.807) is 48.5 Å². The number of amides is 2. The summed E-state index contributed by atoms with van der Waals surface area (Å²) in [6.45, 7) is 0. The highest BCUT2D eigenvalue weighted by Gasteiger charge is 2.25.